The Labute approximate surface area is 130 Å². The molecule has 1 heterocycles. The molecule has 2 aromatic rings. The zero-order valence-corrected chi connectivity index (χ0v) is 12.4. The number of pyridine rings is 1. The lowest BCUT2D eigenvalue weighted by atomic mass is 10.3. The summed E-state index contributed by atoms with van der Waals surface area (Å²) >= 11 is 0. The summed E-state index contributed by atoms with van der Waals surface area (Å²) in [7, 11) is 0. The van der Waals surface area contributed by atoms with Crippen molar-refractivity contribution in [3.8, 4) is 11.5 Å². The van der Waals surface area contributed by atoms with Crippen LogP contribution in [-0.2, 0) is 4.74 Å². The van der Waals surface area contributed by atoms with E-state index in [4.69, 9.17) is 9.47 Å². The molecule has 0 bridgehead atoms. The number of ether oxygens (including phenoxy) is 2. The molecule has 1 aromatic carbocycles. The molecule has 0 aliphatic heterocycles. The molecule has 7 nitrogen and oxygen atoms in total. The first-order valence-corrected chi connectivity index (χ1v) is 6.65. The SMILES string of the molecule is CC(C)OC(=O)c1cc(Oc2ccc([N+](=O)[O-])c(F)c2)ccn1. The molecule has 0 spiro atoms. The average molecular weight is 320 g/mol. The smallest absolute Gasteiger partial charge is 0.357 e. The molecule has 0 saturated heterocycles. The Morgan fingerprint density at radius 1 is 1.26 bits per heavy atom. The maximum atomic E-state index is 13.5. The van der Waals surface area contributed by atoms with Crippen molar-refractivity contribution in [3.05, 3.63) is 58.2 Å². The Balaban J connectivity index is 2.19. The maximum absolute atomic E-state index is 13.5. The van der Waals surface area contributed by atoms with Crippen LogP contribution >= 0.6 is 0 Å². The van der Waals surface area contributed by atoms with Crippen LogP contribution in [0, 0.1) is 15.9 Å². The van der Waals surface area contributed by atoms with Gasteiger partial charge in [0, 0.05) is 24.4 Å². The minimum Gasteiger partial charge on any atom is -0.458 e. The third-order valence-corrected chi connectivity index (χ3v) is 2.63. The summed E-state index contributed by atoms with van der Waals surface area (Å²) in [6.07, 6.45) is 1.05. The summed E-state index contributed by atoms with van der Waals surface area (Å²) in [5.74, 6) is -1.34. The number of nitrogens with zero attached hydrogens (tertiary/aromatic N) is 2. The first kappa shape index (κ1) is 16.3. The minimum atomic E-state index is -1.01. The topological polar surface area (TPSA) is 91.6 Å². The van der Waals surface area contributed by atoms with Crippen molar-refractivity contribution in [1.82, 2.24) is 4.98 Å². The number of rotatable bonds is 5. The van der Waals surface area contributed by atoms with Crippen LogP contribution in [0.15, 0.2) is 36.5 Å². The monoisotopic (exact) mass is 320 g/mol. The maximum Gasteiger partial charge on any atom is 0.357 e. The molecule has 0 N–H and O–H groups in total. The van der Waals surface area contributed by atoms with Crippen LogP contribution in [0.3, 0.4) is 0 Å². The highest BCUT2D eigenvalue weighted by Crippen LogP contribution is 2.26. The Kier molecular flexibility index (Phi) is 4.85. The van der Waals surface area contributed by atoms with Crippen molar-refractivity contribution in [2.24, 2.45) is 0 Å². The number of nitro benzene ring substituents is 1. The van der Waals surface area contributed by atoms with Gasteiger partial charge in [0.2, 0.25) is 5.82 Å². The zero-order valence-electron chi connectivity index (χ0n) is 12.4. The van der Waals surface area contributed by atoms with Crippen LogP contribution in [0.5, 0.6) is 11.5 Å². The van der Waals surface area contributed by atoms with Crippen LogP contribution in [0.4, 0.5) is 10.1 Å². The predicted molar refractivity (Wildman–Crippen MR) is 77.9 cm³/mol. The second-order valence-corrected chi connectivity index (χ2v) is 4.80. The molecule has 1 aromatic heterocycles. The second-order valence-electron chi connectivity index (χ2n) is 4.80. The van der Waals surface area contributed by atoms with E-state index in [0.29, 0.717) is 0 Å². The highest BCUT2D eigenvalue weighted by Gasteiger charge is 2.15. The Hall–Kier alpha value is -3.03. The number of aromatic nitrogens is 1. The normalized spacial score (nSPS) is 10.4. The van der Waals surface area contributed by atoms with Gasteiger partial charge < -0.3 is 9.47 Å². The van der Waals surface area contributed by atoms with Gasteiger partial charge in [0.05, 0.1) is 11.0 Å². The highest BCUT2D eigenvalue weighted by molar-refractivity contribution is 5.87. The fraction of sp³-hybridized carbons (Fsp3) is 0.200. The molecule has 0 atom stereocenters. The largest absolute Gasteiger partial charge is 0.458 e. The zero-order chi connectivity index (χ0) is 17.0. The predicted octanol–water partition coefficient (Wildman–Crippen LogP) is 3.49. The summed E-state index contributed by atoms with van der Waals surface area (Å²) < 4.78 is 23.9. The summed E-state index contributed by atoms with van der Waals surface area (Å²) in [6.45, 7) is 3.41. The van der Waals surface area contributed by atoms with Gasteiger partial charge in [0.1, 0.15) is 11.5 Å². The Morgan fingerprint density at radius 2 is 1.96 bits per heavy atom. The summed E-state index contributed by atoms with van der Waals surface area (Å²) in [4.78, 5) is 25.4. The van der Waals surface area contributed by atoms with Crippen molar-refractivity contribution in [3.63, 3.8) is 0 Å². The van der Waals surface area contributed by atoms with E-state index in [1.807, 2.05) is 0 Å². The standard InChI is InChI=1S/C15H13FN2O5/c1-9(2)22-15(19)13-8-11(5-6-17-13)23-10-3-4-14(18(20)21)12(16)7-10/h3-9H,1-2H3. The molecule has 23 heavy (non-hydrogen) atoms. The average Bonchev–Trinajstić information content (AvgIpc) is 2.46. The van der Waals surface area contributed by atoms with Crippen LogP contribution in [-0.4, -0.2) is 22.0 Å². The van der Waals surface area contributed by atoms with E-state index in [9.17, 15) is 19.3 Å². The minimum absolute atomic E-state index is 0.0404. The molecule has 0 saturated carbocycles. The second kappa shape index (κ2) is 6.82. The third-order valence-electron chi connectivity index (χ3n) is 2.63. The number of halogens is 1. The number of esters is 1. The van der Waals surface area contributed by atoms with Crippen molar-refractivity contribution in [2.45, 2.75) is 20.0 Å². The fourth-order valence-electron chi connectivity index (χ4n) is 1.70. The first-order chi connectivity index (χ1) is 10.9. The van der Waals surface area contributed by atoms with E-state index < -0.39 is 22.4 Å². The van der Waals surface area contributed by atoms with Crippen molar-refractivity contribution >= 4 is 11.7 Å². The molecular weight excluding hydrogens is 307 g/mol. The van der Waals surface area contributed by atoms with Gasteiger partial charge in [0.25, 0.3) is 0 Å². The summed E-state index contributed by atoms with van der Waals surface area (Å²) in [6, 6.07) is 5.95. The number of hydrogen-bond acceptors (Lipinski definition) is 6. The molecule has 0 aliphatic rings. The van der Waals surface area contributed by atoms with E-state index in [2.05, 4.69) is 4.98 Å². The van der Waals surface area contributed by atoms with E-state index in [-0.39, 0.29) is 23.3 Å². The summed E-state index contributed by atoms with van der Waals surface area (Å²) in [5, 5.41) is 10.6. The van der Waals surface area contributed by atoms with Gasteiger partial charge in [-0.3, -0.25) is 10.1 Å². The van der Waals surface area contributed by atoms with Gasteiger partial charge in [-0.05, 0) is 26.0 Å². The highest BCUT2D eigenvalue weighted by atomic mass is 19.1. The van der Waals surface area contributed by atoms with E-state index >= 15 is 0 Å². The van der Waals surface area contributed by atoms with Crippen LogP contribution < -0.4 is 4.74 Å². The molecule has 0 unspecified atom stereocenters. The third kappa shape index (κ3) is 4.22. The van der Waals surface area contributed by atoms with Gasteiger partial charge >= 0.3 is 11.7 Å². The molecule has 0 amide bonds. The number of carbonyl (C=O) groups is 1. The number of benzene rings is 1. The van der Waals surface area contributed by atoms with Crippen molar-refractivity contribution < 1.29 is 23.6 Å². The Bertz CT molecular complexity index is 748. The van der Waals surface area contributed by atoms with E-state index in [0.717, 1.165) is 12.1 Å². The first-order valence-electron chi connectivity index (χ1n) is 6.65. The van der Waals surface area contributed by atoms with Crippen LogP contribution in [0.25, 0.3) is 0 Å². The lowest BCUT2D eigenvalue weighted by molar-refractivity contribution is -0.387. The molecule has 0 radical (unpaired) electrons. The lowest BCUT2D eigenvalue weighted by Gasteiger charge is -2.09. The number of nitro groups is 1. The van der Waals surface area contributed by atoms with Gasteiger partial charge in [0.15, 0.2) is 5.69 Å². The summed E-state index contributed by atoms with van der Waals surface area (Å²) in [5.41, 5.74) is -0.605. The van der Waals surface area contributed by atoms with Crippen molar-refractivity contribution in [1.29, 1.82) is 0 Å². The van der Waals surface area contributed by atoms with Gasteiger partial charge in [-0.25, -0.2) is 9.78 Å². The quantitative estimate of drug-likeness (QED) is 0.476. The molecule has 120 valence electrons. The van der Waals surface area contributed by atoms with Gasteiger partial charge in [-0.15, -0.1) is 0 Å². The van der Waals surface area contributed by atoms with Gasteiger partial charge in [-0.2, -0.15) is 4.39 Å². The van der Waals surface area contributed by atoms with Gasteiger partial charge in [-0.1, -0.05) is 0 Å². The molecule has 0 aliphatic carbocycles. The molecule has 2 rings (SSSR count). The van der Waals surface area contributed by atoms with Crippen LogP contribution in [0.1, 0.15) is 24.3 Å². The fourth-order valence-corrected chi connectivity index (χ4v) is 1.70. The van der Waals surface area contributed by atoms with Crippen LogP contribution in [0.2, 0.25) is 0 Å². The molecule has 0 fully saturated rings. The number of carbonyl (C=O) groups excluding carboxylic acids is 1. The number of hydrogen-bond donors (Lipinski definition) is 0. The van der Waals surface area contributed by atoms with Crippen molar-refractivity contribution in [2.75, 3.05) is 0 Å². The molecular formula is C15H13FN2O5. The lowest BCUT2D eigenvalue weighted by Crippen LogP contribution is -2.12. The van der Waals surface area contributed by atoms with E-state index in [1.54, 1.807) is 13.8 Å². The van der Waals surface area contributed by atoms with E-state index in [1.165, 1.54) is 24.4 Å². The Morgan fingerprint density at radius 3 is 2.57 bits per heavy atom. The molecule has 8 heteroatoms.